The number of quaternary nitrogens is 1. The Hall–Kier alpha value is -1.54. The zero-order valence-corrected chi connectivity index (χ0v) is 42.3. The predicted octanol–water partition coefficient (Wildman–Crippen LogP) is 15.2. The molecule has 3 atom stereocenters. The molecule has 0 aliphatic heterocycles. The maximum absolute atomic E-state index is 12.9. The van der Waals surface area contributed by atoms with Gasteiger partial charge in [-0.3, -0.25) is 13.8 Å². The van der Waals surface area contributed by atoms with Gasteiger partial charge in [-0.05, 0) is 70.6 Å². The first-order valence-electron chi connectivity index (χ1n) is 26.0. The Bertz CT molecular complexity index is 1150. The molecule has 0 aliphatic carbocycles. The molecule has 0 saturated heterocycles. The topological polar surface area (TPSA) is 105 Å². The van der Waals surface area contributed by atoms with Gasteiger partial charge >= 0.3 is 7.82 Å². The maximum Gasteiger partial charge on any atom is 0.472 e. The van der Waals surface area contributed by atoms with E-state index in [-0.39, 0.29) is 19.1 Å². The van der Waals surface area contributed by atoms with Gasteiger partial charge < -0.3 is 19.8 Å². The van der Waals surface area contributed by atoms with Crippen molar-refractivity contribution in [2.45, 2.75) is 244 Å². The van der Waals surface area contributed by atoms with Crippen LogP contribution in [0.15, 0.2) is 48.6 Å². The van der Waals surface area contributed by atoms with Crippen LogP contribution >= 0.6 is 7.82 Å². The molecule has 0 aromatic carbocycles. The van der Waals surface area contributed by atoms with Crippen LogP contribution in [0.1, 0.15) is 232 Å². The average molecular weight is 894 g/mol. The highest BCUT2D eigenvalue weighted by Crippen LogP contribution is 2.43. The van der Waals surface area contributed by atoms with Crippen molar-refractivity contribution in [1.82, 2.24) is 5.32 Å². The fourth-order valence-corrected chi connectivity index (χ4v) is 8.10. The number of nitrogens with zero attached hydrogens (tertiary/aromatic N) is 1. The summed E-state index contributed by atoms with van der Waals surface area (Å²) in [6.45, 7) is 4.79. The second kappa shape index (κ2) is 44.7. The molecule has 0 fully saturated rings. The lowest BCUT2D eigenvalue weighted by atomic mass is 10.0. The van der Waals surface area contributed by atoms with Gasteiger partial charge in [0.05, 0.1) is 39.9 Å². The van der Waals surface area contributed by atoms with E-state index in [2.05, 4.69) is 55.6 Å². The van der Waals surface area contributed by atoms with Crippen LogP contribution in [-0.4, -0.2) is 73.4 Å². The number of amides is 1. The van der Waals surface area contributed by atoms with Crippen molar-refractivity contribution in [2.75, 3.05) is 40.9 Å². The van der Waals surface area contributed by atoms with Gasteiger partial charge in [-0.1, -0.05) is 204 Å². The van der Waals surface area contributed by atoms with Crippen molar-refractivity contribution in [3.8, 4) is 0 Å². The van der Waals surface area contributed by atoms with Crippen molar-refractivity contribution in [3.05, 3.63) is 48.6 Å². The summed E-state index contributed by atoms with van der Waals surface area (Å²) in [6.07, 6.45) is 57.7. The zero-order chi connectivity index (χ0) is 45.7. The third-order valence-electron chi connectivity index (χ3n) is 11.5. The second-order valence-electron chi connectivity index (χ2n) is 18.9. The number of likely N-dealkylation sites (N-methyl/N-ethyl adjacent to an activating group) is 1. The molecule has 3 N–H and O–H groups in total. The van der Waals surface area contributed by atoms with Crippen LogP contribution in [0.25, 0.3) is 0 Å². The van der Waals surface area contributed by atoms with Gasteiger partial charge in [-0.25, -0.2) is 4.57 Å². The molecule has 0 radical (unpaired) electrons. The molecule has 0 aliphatic rings. The Morgan fingerprint density at radius 2 is 0.887 bits per heavy atom. The van der Waals surface area contributed by atoms with Crippen LogP contribution in [0.5, 0.6) is 0 Å². The maximum atomic E-state index is 12.9. The number of nitrogens with one attached hydrogen (secondary N) is 1. The van der Waals surface area contributed by atoms with Crippen molar-refractivity contribution in [1.29, 1.82) is 0 Å². The van der Waals surface area contributed by atoms with Gasteiger partial charge in [-0.15, -0.1) is 0 Å². The first-order chi connectivity index (χ1) is 30.0. The number of aliphatic hydroxyl groups is 1. The van der Waals surface area contributed by atoms with Gasteiger partial charge in [0.25, 0.3) is 0 Å². The fourth-order valence-electron chi connectivity index (χ4n) is 7.36. The largest absolute Gasteiger partial charge is 0.472 e. The van der Waals surface area contributed by atoms with Crippen LogP contribution in [0.3, 0.4) is 0 Å². The van der Waals surface area contributed by atoms with Gasteiger partial charge in [0, 0.05) is 6.42 Å². The lowest BCUT2D eigenvalue weighted by molar-refractivity contribution is -0.870. The molecule has 8 nitrogen and oxygen atoms in total. The van der Waals surface area contributed by atoms with E-state index in [0.29, 0.717) is 17.4 Å². The molecular weight excluding hydrogens is 792 g/mol. The fraction of sp³-hybridized carbons (Fsp3) is 0.830. The van der Waals surface area contributed by atoms with Gasteiger partial charge in [0.1, 0.15) is 13.2 Å². The van der Waals surface area contributed by atoms with E-state index in [0.717, 1.165) is 44.9 Å². The second-order valence-corrected chi connectivity index (χ2v) is 20.3. The first kappa shape index (κ1) is 60.5. The van der Waals surface area contributed by atoms with Gasteiger partial charge in [0.2, 0.25) is 5.91 Å². The van der Waals surface area contributed by atoms with Crippen molar-refractivity contribution >= 4 is 13.7 Å². The minimum absolute atomic E-state index is 0.0520. The number of carbonyl (C=O) groups is 1. The molecule has 0 aromatic heterocycles. The summed E-state index contributed by atoms with van der Waals surface area (Å²) in [4.78, 5) is 23.2. The number of carbonyl (C=O) groups excluding carboxylic acids is 1. The molecule has 364 valence electrons. The standard InChI is InChI=1S/C53H101N2O6P/c1-6-8-10-12-14-16-18-20-22-24-26-27-28-29-30-32-34-36-38-40-42-44-46-52(56)51(50-61-62(58,59)60-49-48-55(3,4)5)54-53(57)47-45-43-41-39-37-35-33-31-25-23-21-19-17-15-13-11-9-7-2/h23,25,29-30,36,38,44,46,51-52,56H,6-22,24,26-28,31-35,37,39-43,45,47-50H2,1-5H3,(H-,54,57,58,59)/p+1/b25-23-,30-29+,38-36+,46-44+. The number of hydrogen-bond acceptors (Lipinski definition) is 5. The summed E-state index contributed by atoms with van der Waals surface area (Å²) in [5.41, 5.74) is 0. The normalized spacial score (nSPS) is 14.5. The Balaban J connectivity index is 4.39. The Kier molecular flexibility index (Phi) is 43.5. The number of hydrogen-bond donors (Lipinski definition) is 3. The van der Waals surface area contributed by atoms with Crippen LogP contribution in [0.2, 0.25) is 0 Å². The Labute approximate surface area is 384 Å². The van der Waals surface area contributed by atoms with E-state index in [1.807, 2.05) is 27.2 Å². The van der Waals surface area contributed by atoms with E-state index in [1.165, 1.54) is 167 Å². The highest BCUT2D eigenvalue weighted by Gasteiger charge is 2.27. The lowest BCUT2D eigenvalue weighted by Crippen LogP contribution is -2.45. The highest BCUT2D eigenvalue weighted by molar-refractivity contribution is 7.47. The van der Waals surface area contributed by atoms with E-state index in [1.54, 1.807) is 6.08 Å². The van der Waals surface area contributed by atoms with Crippen molar-refractivity contribution in [3.63, 3.8) is 0 Å². The molecule has 3 unspecified atom stereocenters. The molecule has 0 spiro atoms. The Morgan fingerprint density at radius 1 is 0.532 bits per heavy atom. The quantitative estimate of drug-likeness (QED) is 0.0243. The van der Waals surface area contributed by atoms with Crippen LogP contribution in [0.4, 0.5) is 0 Å². The molecule has 0 bridgehead atoms. The summed E-state index contributed by atoms with van der Waals surface area (Å²) in [7, 11) is 1.54. The summed E-state index contributed by atoms with van der Waals surface area (Å²) >= 11 is 0. The van der Waals surface area contributed by atoms with Crippen molar-refractivity contribution in [2.24, 2.45) is 0 Å². The summed E-state index contributed by atoms with van der Waals surface area (Å²) in [5.74, 6) is -0.195. The third-order valence-corrected chi connectivity index (χ3v) is 12.5. The summed E-state index contributed by atoms with van der Waals surface area (Å²) < 4.78 is 23.6. The molecule has 62 heavy (non-hydrogen) atoms. The number of phosphoric ester groups is 1. The minimum Gasteiger partial charge on any atom is -0.387 e. The van der Waals surface area contributed by atoms with Crippen LogP contribution in [0, 0.1) is 0 Å². The first-order valence-corrected chi connectivity index (χ1v) is 27.5. The number of phosphoric acid groups is 1. The highest BCUT2D eigenvalue weighted by atomic mass is 31.2. The minimum atomic E-state index is -4.36. The zero-order valence-electron chi connectivity index (χ0n) is 41.4. The van der Waals surface area contributed by atoms with E-state index in [9.17, 15) is 19.4 Å². The predicted molar refractivity (Wildman–Crippen MR) is 267 cm³/mol. The SMILES string of the molecule is CCCCCCCCC/C=C\CCCCCCCCCC(=O)NC(COP(=O)(O)OCC[N+](C)(C)C)C(O)/C=C/CC/C=C/CC/C=C/CCCCCCCCCCCCCC. The Morgan fingerprint density at radius 3 is 1.29 bits per heavy atom. The summed E-state index contributed by atoms with van der Waals surface area (Å²) in [6, 6.07) is -0.872. The number of unbranched alkanes of at least 4 members (excludes halogenated alkanes) is 28. The molecular formula is C53H102N2O6P+. The van der Waals surface area contributed by atoms with E-state index >= 15 is 0 Å². The molecule has 0 saturated carbocycles. The van der Waals surface area contributed by atoms with Crippen molar-refractivity contribution < 1.29 is 32.9 Å². The summed E-state index contributed by atoms with van der Waals surface area (Å²) in [5, 5.41) is 13.9. The van der Waals surface area contributed by atoms with Crippen LogP contribution < -0.4 is 5.32 Å². The molecule has 0 heterocycles. The lowest BCUT2D eigenvalue weighted by Gasteiger charge is -2.25. The van der Waals surface area contributed by atoms with E-state index in [4.69, 9.17) is 9.05 Å². The molecule has 0 rings (SSSR count). The smallest absolute Gasteiger partial charge is 0.387 e. The van der Waals surface area contributed by atoms with E-state index < -0.39 is 20.0 Å². The number of allylic oxidation sites excluding steroid dienone is 7. The van der Waals surface area contributed by atoms with Gasteiger partial charge in [-0.2, -0.15) is 0 Å². The number of aliphatic hydroxyl groups excluding tert-OH is 1. The molecule has 9 heteroatoms. The van der Waals surface area contributed by atoms with Gasteiger partial charge in [0.15, 0.2) is 0 Å². The number of rotatable bonds is 47. The molecule has 1 amide bonds. The third kappa shape index (κ3) is 46.5. The molecule has 0 aromatic rings. The van der Waals surface area contributed by atoms with Crippen LogP contribution in [-0.2, 0) is 18.4 Å². The average Bonchev–Trinajstić information content (AvgIpc) is 3.23. The monoisotopic (exact) mass is 894 g/mol.